The molecule has 1 amide bonds. The number of rotatable bonds is 2. The van der Waals surface area contributed by atoms with Crippen molar-refractivity contribution < 1.29 is 18.0 Å². The number of anilines is 1. The molecule has 1 heterocycles. The molecule has 24 heavy (non-hydrogen) atoms. The summed E-state index contributed by atoms with van der Waals surface area (Å²) in [6.45, 7) is 0. The number of nitrogens with one attached hydrogen (secondary N) is 1. The Bertz CT molecular complexity index is 907. The molecule has 1 N–H and O–H groups in total. The summed E-state index contributed by atoms with van der Waals surface area (Å²) >= 11 is 7.84. The van der Waals surface area contributed by atoms with Gasteiger partial charge in [-0.1, -0.05) is 28.1 Å². The average molecular weight is 480 g/mol. The Balaban J connectivity index is 2.14. The van der Waals surface area contributed by atoms with E-state index in [9.17, 15) is 18.0 Å². The summed E-state index contributed by atoms with van der Waals surface area (Å²) in [6.07, 6.45) is -4.97. The Morgan fingerprint density at radius 2 is 1.88 bits per heavy atom. The molecule has 0 unspecified atom stereocenters. The fraction of sp³-hybridized carbons (Fsp3) is 0.0667. The molecule has 3 aromatic rings. The number of hydrogen-bond donors (Lipinski definition) is 1. The Kier molecular flexibility index (Phi) is 4.67. The van der Waals surface area contributed by atoms with E-state index in [4.69, 9.17) is 0 Å². The number of amides is 1. The molecule has 0 aliphatic carbocycles. The van der Waals surface area contributed by atoms with Crippen LogP contribution in [0.4, 0.5) is 18.9 Å². The fourth-order valence-corrected chi connectivity index (χ4v) is 4.35. The summed E-state index contributed by atoms with van der Waals surface area (Å²) in [5.41, 5.74) is 1.16. The molecule has 0 radical (unpaired) electrons. The van der Waals surface area contributed by atoms with Crippen LogP contribution in [0.15, 0.2) is 45.3 Å². The summed E-state index contributed by atoms with van der Waals surface area (Å²) in [5.74, 6) is -2.03. The maximum absolute atomic E-state index is 12.6. The lowest BCUT2D eigenvalue weighted by Gasteiger charge is -2.13. The van der Waals surface area contributed by atoms with Gasteiger partial charge in [0, 0.05) is 14.5 Å². The van der Waals surface area contributed by atoms with Gasteiger partial charge in [-0.05, 0) is 40.2 Å². The van der Waals surface area contributed by atoms with Gasteiger partial charge in [-0.2, -0.15) is 13.2 Å². The van der Waals surface area contributed by atoms with Crippen molar-refractivity contribution in [2.75, 3.05) is 5.32 Å². The van der Waals surface area contributed by atoms with Gasteiger partial charge in [-0.25, -0.2) is 4.98 Å². The van der Waals surface area contributed by atoms with Gasteiger partial charge < -0.3 is 5.32 Å². The molecule has 0 saturated carbocycles. The second-order valence-electron chi connectivity index (χ2n) is 4.75. The highest BCUT2D eigenvalue weighted by atomic mass is 79.9. The van der Waals surface area contributed by atoms with Gasteiger partial charge in [0.15, 0.2) is 0 Å². The smallest absolute Gasteiger partial charge is 0.317 e. The predicted octanol–water partition coefficient (Wildman–Crippen LogP) is 5.99. The molecule has 124 valence electrons. The molecule has 0 fully saturated rings. The summed E-state index contributed by atoms with van der Waals surface area (Å²) in [6, 6.07) is 10.5. The molecule has 0 bridgehead atoms. The van der Waals surface area contributed by atoms with E-state index < -0.39 is 12.1 Å². The van der Waals surface area contributed by atoms with Crippen molar-refractivity contribution in [3.63, 3.8) is 0 Å². The van der Waals surface area contributed by atoms with Crippen LogP contribution >= 0.6 is 43.2 Å². The van der Waals surface area contributed by atoms with Gasteiger partial charge in [0.2, 0.25) is 0 Å². The van der Waals surface area contributed by atoms with Crippen LogP contribution in [0.5, 0.6) is 0 Å². The van der Waals surface area contributed by atoms with Crippen LogP contribution < -0.4 is 5.32 Å². The van der Waals surface area contributed by atoms with E-state index in [1.807, 2.05) is 29.6 Å². The van der Waals surface area contributed by atoms with Gasteiger partial charge in [-0.15, -0.1) is 11.3 Å². The number of thiazole rings is 1. The van der Waals surface area contributed by atoms with Crippen LogP contribution in [0.1, 0.15) is 0 Å². The van der Waals surface area contributed by atoms with Crippen molar-refractivity contribution in [3.8, 4) is 10.6 Å². The Labute approximate surface area is 155 Å². The van der Waals surface area contributed by atoms with E-state index in [1.165, 1.54) is 11.3 Å². The van der Waals surface area contributed by atoms with E-state index in [0.717, 1.165) is 10.2 Å². The van der Waals surface area contributed by atoms with Gasteiger partial charge in [0.25, 0.3) is 0 Å². The molecule has 0 atom stereocenters. The topological polar surface area (TPSA) is 42.0 Å². The average Bonchev–Trinajstić information content (AvgIpc) is 2.92. The zero-order valence-electron chi connectivity index (χ0n) is 11.6. The maximum Gasteiger partial charge on any atom is 0.471 e. The third-order valence-corrected chi connectivity index (χ3v) is 5.23. The van der Waals surface area contributed by atoms with Gasteiger partial charge in [0.1, 0.15) is 5.01 Å². The summed E-state index contributed by atoms with van der Waals surface area (Å²) in [5, 5.41) is 2.43. The first-order valence-corrected chi connectivity index (χ1v) is 8.89. The number of alkyl halides is 3. The molecule has 3 rings (SSSR count). The molecular formula is C15H7Br2F3N2OS. The second-order valence-corrected chi connectivity index (χ2v) is 7.55. The van der Waals surface area contributed by atoms with Crippen LogP contribution in [0.3, 0.4) is 0 Å². The van der Waals surface area contributed by atoms with Gasteiger partial charge >= 0.3 is 12.1 Å². The van der Waals surface area contributed by atoms with Crippen molar-refractivity contribution in [2.24, 2.45) is 0 Å². The van der Waals surface area contributed by atoms with Crippen LogP contribution in [0.25, 0.3) is 20.8 Å². The molecule has 1 aromatic heterocycles. The SMILES string of the molecule is O=C(Nc1c(Br)cc(Br)cc1-c1nc2ccccc2s1)C(F)(F)F. The number of benzene rings is 2. The summed E-state index contributed by atoms with van der Waals surface area (Å²) in [4.78, 5) is 15.8. The summed E-state index contributed by atoms with van der Waals surface area (Å²) < 4.78 is 39.7. The van der Waals surface area contributed by atoms with E-state index in [1.54, 1.807) is 12.1 Å². The molecule has 3 nitrogen and oxygen atoms in total. The second kappa shape index (κ2) is 6.45. The number of aromatic nitrogens is 1. The maximum atomic E-state index is 12.6. The number of nitrogens with zero attached hydrogens (tertiary/aromatic N) is 1. The molecule has 0 aliphatic heterocycles. The van der Waals surface area contributed by atoms with E-state index in [-0.39, 0.29) is 5.69 Å². The van der Waals surface area contributed by atoms with Gasteiger partial charge in [0.05, 0.1) is 15.9 Å². The van der Waals surface area contributed by atoms with E-state index >= 15 is 0 Å². The van der Waals surface area contributed by atoms with Crippen molar-refractivity contribution in [1.82, 2.24) is 4.98 Å². The largest absolute Gasteiger partial charge is 0.471 e. The zero-order valence-corrected chi connectivity index (χ0v) is 15.6. The van der Waals surface area contributed by atoms with Crippen molar-refractivity contribution >= 4 is 65.0 Å². The highest BCUT2D eigenvalue weighted by Crippen LogP contribution is 2.41. The van der Waals surface area contributed by atoms with Crippen LogP contribution in [-0.4, -0.2) is 17.1 Å². The number of para-hydroxylation sites is 1. The Morgan fingerprint density at radius 3 is 2.54 bits per heavy atom. The minimum absolute atomic E-state index is 0.0274. The molecule has 0 aliphatic rings. The van der Waals surface area contributed by atoms with E-state index in [2.05, 4.69) is 36.8 Å². The van der Waals surface area contributed by atoms with Crippen LogP contribution in [0.2, 0.25) is 0 Å². The first kappa shape index (κ1) is 17.4. The monoisotopic (exact) mass is 478 g/mol. The highest BCUT2D eigenvalue weighted by Gasteiger charge is 2.39. The quantitative estimate of drug-likeness (QED) is 0.490. The number of fused-ring (bicyclic) bond motifs is 1. The fourth-order valence-electron chi connectivity index (χ4n) is 2.04. The standard InChI is InChI=1S/C15H7Br2F3N2OS/c16-7-5-8(13-21-10-3-1-2-4-11(10)24-13)12(9(17)6-7)22-14(23)15(18,19)20/h1-6H,(H,22,23). The minimum Gasteiger partial charge on any atom is -0.317 e. The number of halogens is 5. The third-order valence-electron chi connectivity index (χ3n) is 3.08. The molecular weight excluding hydrogens is 473 g/mol. The lowest BCUT2D eigenvalue weighted by Crippen LogP contribution is -2.30. The lowest BCUT2D eigenvalue weighted by atomic mass is 10.2. The van der Waals surface area contributed by atoms with Crippen LogP contribution in [0, 0.1) is 0 Å². The normalized spacial score (nSPS) is 11.7. The zero-order chi connectivity index (χ0) is 17.5. The summed E-state index contributed by atoms with van der Waals surface area (Å²) in [7, 11) is 0. The molecule has 0 saturated heterocycles. The van der Waals surface area contributed by atoms with E-state index in [0.29, 0.717) is 19.5 Å². The Hall–Kier alpha value is -1.45. The number of carbonyl (C=O) groups excluding carboxylic acids is 1. The Morgan fingerprint density at radius 1 is 1.17 bits per heavy atom. The van der Waals surface area contributed by atoms with Crippen LogP contribution in [-0.2, 0) is 4.79 Å². The first-order chi connectivity index (χ1) is 11.3. The van der Waals surface area contributed by atoms with Crippen molar-refractivity contribution in [1.29, 1.82) is 0 Å². The minimum atomic E-state index is -4.97. The third kappa shape index (κ3) is 3.47. The molecule has 9 heteroatoms. The number of carbonyl (C=O) groups is 1. The molecule has 2 aromatic carbocycles. The number of hydrogen-bond acceptors (Lipinski definition) is 3. The lowest BCUT2D eigenvalue weighted by molar-refractivity contribution is -0.167. The van der Waals surface area contributed by atoms with Gasteiger partial charge in [-0.3, -0.25) is 4.79 Å². The predicted molar refractivity (Wildman–Crippen MR) is 95.1 cm³/mol. The molecule has 0 spiro atoms. The highest BCUT2D eigenvalue weighted by molar-refractivity contribution is 9.11. The first-order valence-electron chi connectivity index (χ1n) is 6.49. The van der Waals surface area contributed by atoms with Crippen molar-refractivity contribution in [3.05, 3.63) is 45.3 Å². The van der Waals surface area contributed by atoms with Crippen molar-refractivity contribution in [2.45, 2.75) is 6.18 Å².